The highest BCUT2D eigenvalue weighted by Gasteiger charge is 2.20. The molecule has 0 saturated heterocycles. The standard InChI is InChI=1S/C22H23N7OS/c1-15-4-6-18(7-5-15)21-25-26-22(31)28(21)12-20(30)27(3)16(2)17-8-10-19(11-9-17)29-14-23-13-24-29/h4-11,13-14,16H,12H2,1-3H3,(H,26,31). The Morgan fingerprint density at radius 1 is 1.16 bits per heavy atom. The quantitative estimate of drug-likeness (QED) is 0.469. The molecule has 8 nitrogen and oxygen atoms in total. The molecule has 9 heteroatoms. The summed E-state index contributed by atoms with van der Waals surface area (Å²) in [5.41, 5.74) is 4.00. The first-order chi connectivity index (χ1) is 14.9. The maximum absolute atomic E-state index is 13.1. The minimum absolute atomic E-state index is 0.0567. The van der Waals surface area contributed by atoms with Crippen LogP contribution in [0.25, 0.3) is 17.1 Å². The molecule has 0 aliphatic heterocycles. The Kier molecular flexibility index (Phi) is 5.77. The third-order valence-electron chi connectivity index (χ3n) is 5.39. The molecule has 2 aromatic carbocycles. The number of hydrogen-bond acceptors (Lipinski definition) is 5. The highest BCUT2D eigenvalue weighted by Crippen LogP contribution is 2.22. The monoisotopic (exact) mass is 433 g/mol. The van der Waals surface area contributed by atoms with Crippen molar-refractivity contribution in [2.24, 2.45) is 0 Å². The summed E-state index contributed by atoms with van der Waals surface area (Å²) < 4.78 is 3.85. The second kappa shape index (κ2) is 8.65. The van der Waals surface area contributed by atoms with Crippen molar-refractivity contribution in [3.8, 4) is 17.1 Å². The van der Waals surface area contributed by atoms with Crippen molar-refractivity contribution in [3.05, 3.63) is 77.1 Å². The van der Waals surface area contributed by atoms with E-state index in [1.807, 2.05) is 62.4 Å². The van der Waals surface area contributed by atoms with Gasteiger partial charge in [0, 0.05) is 12.6 Å². The number of carbonyl (C=O) groups excluding carboxylic acids is 1. The van der Waals surface area contributed by atoms with Gasteiger partial charge in [0.1, 0.15) is 19.2 Å². The molecule has 0 bridgehead atoms. The van der Waals surface area contributed by atoms with Crippen molar-refractivity contribution in [2.45, 2.75) is 26.4 Å². The summed E-state index contributed by atoms with van der Waals surface area (Å²) in [5, 5.41) is 11.3. The Hall–Kier alpha value is -3.59. The molecule has 0 saturated carbocycles. The van der Waals surface area contributed by atoms with Gasteiger partial charge < -0.3 is 4.90 Å². The summed E-state index contributed by atoms with van der Waals surface area (Å²) in [6, 6.07) is 15.8. The van der Waals surface area contributed by atoms with Gasteiger partial charge in [-0.05, 0) is 43.8 Å². The van der Waals surface area contributed by atoms with Crippen LogP contribution in [0.3, 0.4) is 0 Å². The normalized spacial score (nSPS) is 12.0. The molecule has 0 spiro atoms. The molecule has 0 fully saturated rings. The number of amides is 1. The molecular weight excluding hydrogens is 410 g/mol. The van der Waals surface area contributed by atoms with Crippen molar-refractivity contribution < 1.29 is 4.79 Å². The molecule has 1 atom stereocenters. The molecule has 31 heavy (non-hydrogen) atoms. The maximum Gasteiger partial charge on any atom is 0.242 e. The van der Waals surface area contributed by atoms with E-state index < -0.39 is 0 Å². The van der Waals surface area contributed by atoms with E-state index in [9.17, 15) is 4.79 Å². The van der Waals surface area contributed by atoms with Crippen LogP contribution in [0, 0.1) is 11.7 Å². The number of nitrogens with zero attached hydrogens (tertiary/aromatic N) is 6. The van der Waals surface area contributed by atoms with Crippen molar-refractivity contribution >= 4 is 18.1 Å². The lowest BCUT2D eigenvalue weighted by molar-refractivity contribution is -0.132. The number of aryl methyl sites for hydroxylation is 1. The van der Waals surface area contributed by atoms with Gasteiger partial charge in [0.2, 0.25) is 5.91 Å². The predicted octanol–water partition coefficient (Wildman–Crippen LogP) is 3.72. The molecule has 4 aromatic rings. The predicted molar refractivity (Wildman–Crippen MR) is 120 cm³/mol. The van der Waals surface area contributed by atoms with Gasteiger partial charge in [0.15, 0.2) is 10.6 Å². The smallest absolute Gasteiger partial charge is 0.242 e. The van der Waals surface area contributed by atoms with Gasteiger partial charge in [-0.2, -0.15) is 10.2 Å². The molecule has 4 rings (SSSR count). The first kappa shape index (κ1) is 20.7. The Labute approximate surface area is 185 Å². The van der Waals surface area contributed by atoms with Gasteiger partial charge in [-0.1, -0.05) is 42.0 Å². The summed E-state index contributed by atoms with van der Waals surface area (Å²) in [5.74, 6) is 0.593. The van der Waals surface area contributed by atoms with Crippen molar-refractivity contribution in [1.29, 1.82) is 0 Å². The number of hydrogen-bond donors (Lipinski definition) is 1. The highest BCUT2D eigenvalue weighted by molar-refractivity contribution is 7.71. The molecule has 0 aliphatic rings. The van der Waals surface area contributed by atoms with Crippen LogP contribution in [0.4, 0.5) is 0 Å². The van der Waals surface area contributed by atoms with Gasteiger partial charge >= 0.3 is 0 Å². The maximum atomic E-state index is 13.1. The van der Waals surface area contributed by atoms with Crippen molar-refractivity contribution in [3.63, 3.8) is 0 Å². The van der Waals surface area contributed by atoms with E-state index in [4.69, 9.17) is 12.2 Å². The van der Waals surface area contributed by atoms with E-state index in [1.165, 1.54) is 6.33 Å². The molecule has 1 N–H and O–H groups in total. The van der Waals surface area contributed by atoms with Gasteiger partial charge in [0.25, 0.3) is 0 Å². The second-order valence-electron chi connectivity index (χ2n) is 7.42. The average Bonchev–Trinajstić information content (AvgIpc) is 3.44. The largest absolute Gasteiger partial charge is 0.337 e. The zero-order valence-electron chi connectivity index (χ0n) is 17.6. The zero-order chi connectivity index (χ0) is 22.0. The molecule has 1 amide bonds. The van der Waals surface area contributed by atoms with Gasteiger partial charge in [-0.25, -0.2) is 9.67 Å². The number of aromatic nitrogens is 6. The molecular formula is C22H23N7OS. The molecule has 1 unspecified atom stereocenters. The van der Waals surface area contributed by atoms with Crippen LogP contribution in [0.5, 0.6) is 0 Å². The lowest BCUT2D eigenvalue weighted by Crippen LogP contribution is -2.32. The Balaban J connectivity index is 1.51. The topological polar surface area (TPSA) is 84.6 Å². The van der Waals surface area contributed by atoms with Crippen LogP contribution in [0.1, 0.15) is 24.1 Å². The van der Waals surface area contributed by atoms with E-state index in [-0.39, 0.29) is 18.5 Å². The third-order valence-corrected chi connectivity index (χ3v) is 5.71. The number of H-pyrrole nitrogens is 1. The fraction of sp³-hybridized carbons (Fsp3) is 0.227. The van der Waals surface area contributed by atoms with E-state index in [1.54, 1.807) is 27.5 Å². The van der Waals surface area contributed by atoms with Gasteiger partial charge in [-0.3, -0.25) is 14.5 Å². The average molecular weight is 434 g/mol. The van der Waals surface area contributed by atoms with Crippen LogP contribution >= 0.6 is 12.2 Å². The Bertz CT molecular complexity index is 1220. The summed E-state index contributed by atoms with van der Waals surface area (Å²) >= 11 is 5.38. The fourth-order valence-electron chi connectivity index (χ4n) is 3.32. The van der Waals surface area contributed by atoms with E-state index in [2.05, 4.69) is 20.3 Å². The van der Waals surface area contributed by atoms with Crippen molar-refractivity contribution in [2.75, 3.05) is 7.05 Å². The van der Waals surface area contributed by atoms with Gasteiger partial charge in [-0.15, -0.1) is 0 Å². The van der Waals surface area contributed by atoms with Gasteiger partial charge in [0.05, 0.1) is 11.7 Å². The number of carbonyl (C=O) groups is 1. The summed E-state index contributed by atoms with van der Waals surface area (Å²) in [6.45, 7) is 4.13. The van der Waals surface area contributed by atoms with Crippen LogP contribution < -0.4 is 0 Å². The van der Waals surface area contributed by atoms with E-state index in [0.717, 1.165) is 22.4 Å². The lowest BCUT2D eigenvalue weighted by Gasteiger charge is -2.26. The SMILES string of the molecule is Cc1ccc(-c2n[nH]c(=S)n2CC(=O)N(C)C(C)c2ccc(-n3cncn3)cc2)cc1. The fourth-order valence-corrected chi connectivity index (χ4v) is 3.52. The minimum Gasteiger partial charge on any atom is -0.337 e. The summed E-state index contributed by atoms with van der Waals surface area (Å²) in [4.78, 5) is 18.7. The van der Waals surface area contributed by atoms with Crippen molar-refractivity contribution in [1.82, 2.24) is 34.4 Å². The number of rotatable bonds is 6. The first-order valence-corrected chi connectivity index (χ1v) is 10.3. The first-order valence-electron chi connectivity index (χ1n) is 9.87. The summed E-state index contributed by atoms with van der Waals surface area (Å²) in [6.07, 6.45) is 3.14. The van der Waals surface area contributed by atoms with E-state index in [0.29, 0.717) is 10.6 Å². The van der Waals surface area contributed by atoms with Crippen LogP contribution in [-0.2, 0) is 11.3 Å². The van der Waals surface area contributed by atoms with Crippen LogP contribution in [0.15, 0.2) is 61.2 Å². The molecule has 0 radical (unpaired) electrons. The highest BCUT2D eigenvalue weighted by atomic mass is 32.1. The summed E-state index contributed by atoms with van der Waals surface area (Å²) in [7, 11) is 1.80. The minimum atomic E-state index is -0.110. The van der Waals surface area contributed by atoms with Crippen LogP contribution in [-0.4, -0.2) is 47.4 Å². The number of aromatic amines is 1. The van der Waals surface area contributed by atoms with E-state index >= 15 is 0 Å². The lowest BCUT2D eigenvalue weighted by atomic mass is 10.1. The second-order valence-corrected chi connectivity index (χ2v) is 7.80. The number of benzene rings is 2. The Morgan fingerprint density at radius 3 is 2.52 bits per heavy atom. The zero-order valence-corrected chi connectivity index (χ0v) is 18.4. The Morgan fingerprint density at radius 2 is 1.87 bits per heavy atom. The molecule has 2 heterocycles. The number of likely N-dealkylation sites (N-methyl/N-ethyl adjacent to an activating group) is 1. The molecule has 0 aliphatic carbocycles. The molecule has 158 valence electrons. The number of nitrogens with one attached hydrogen (secondary N) is 1. The third kappa shape index (κ3) is 4.31. The van der Waals surface area contributed by atoms with Crippen LogP contribution in [0.2, 0.25) is 0 Å². The molecule has 2 aromatic heterocycles.